The maximum absolute atomic E-state index is 13.5. The van der Waals surface area contributed by atoms with Gasteiger partial charge in [-0.1, -0.05) is 30.3 Å². The minimum absolute atomic E-state index is 0.0280. The number of ether oxygens (including phenoxy) is 2. The van der Waals surface area contributed by atoms with E-state index in [1.807, 2.05) is 49.1 Å². The molecule has 3 atom stereocenters. The Labute approximate surface area is 156 Å². The van der Waals surface area contributed by atoms with Gasteiger partial charge in [0, 0.05) is 13.7 Å². The molecule has 0 spiro atoms. The number of nitrogens with zero attached hydrogens (tertiary/aromatic N) is 1. The van der Waals surface area contributed by atoms with Crippen molar-refractivity contribution in [2.75, 3.05) is 26.9 Å². The highest BCUT2D eigenvalue weighted by atomic mass is 16.5. The van der Waals surface area contributed by atoms with Crippen LogP contribution < -0.4 is 0 Å². The number of likely N-dealkylation sites (tertiary alicyclic amines) is 1. The highest BCUT2D eigenvalue weighted by Crippen LogP contribution is 2.44. The van der Waals surface area contributed by atoms with Gasteiger partial charge in [-0.2, -0.15) is 0 Å². The Hall–Kier alpha value is -1.43. The Morgan fingerprint density at radius 2 is 2.04 bits per heavy atom. The lowest BCUT2D eigenvalue weighted by atomic mass is 9.78. The van der Waals surface area contributed by atoms with Gasteiger partial charge in [0.2, 0.25) is 5.91 Å². The van der Waals surface area contributed by atoms with E-state index < -0.39 is 5.41 Å². The standard InChI is InChI=1S/C21H31NO4/c1-20(2,16-7-5-4-6-8-16)19(24)22-12-11-21(25-3)10-9-17(15-18(21)22)26-14-13-23/h4-8,17-18,23H,9-15H2,1-3H3/t17-,18-,21+/m0/s1. The molecular formula is C21H31NO4. The summed E-state index contributed by atoms with van der Waals surface area (Å²) in [6, 6.07) is 10.00. The van der Waals surface area contributed by atoms with E-state index >= 15 is 0 Å². The molecule has 0 bridgehead atoms. The second-order valence-electron chi connectivity index (χ2n) is 8.02. The van der Waals surface area contributed by atoms with Crippen LogP contribution in [0.3, 0.4) is 0 Å². The first-order valence-electron chi connectivity index (χ1n) is 9.59. The maximum atomic E-state index is 13.5. The molecule has 1 saturated carbocycles. The van der Waals surface area contributed by atoms with Crippen molar-refractivity contribution in [1.29, 1.82) is 0 Å². The molecule has 5 heteroatoms. The zero-order valence-corrected chi connectivity index (χ0v) is 16.1. The molecular weight excluding hydrogens is 330 g/mol. The van der Waals surface area contributed by atoms with Crippen molar-refractivity contribution in [3.8, 4) is 0 Å². The summed E-state index contributed by atoms with van der Waals surface area (Å²) in [4.78, 5) is 15.5. The van der Waals surface area contributed by atoms with Crippen molar-refractivity contribution in [3.05, 3.63) is 35.9 Å². The molecule has 0 aromatic heterocycles. The van der Waals surface area contributed by atoms with Gasteiger partial charge in [0.05, 0.1) is 36.4 Å². The molecule has 1 aromatic carbocycles. The lowest BCUT2D eigenvalue weighted by Crippen LogP contribution is -2.55. The van der Waals surface area contributed by atoms with Crippen molar-refractivity contribution in [2.24, 2.45) is 0 Å². The van der Waals surface area contributed by atoms with Gasteiger partial charge in [-0.25, -0.2) is 0 Å². The minimum Gasteiger partial charge on any atom is -0.394 e. The number of methoxy groups -OCH3 is 1. The molecule has 0 unspecified atom stereocenters. The Morgan fingerprint density at radius 3 is 2.69 bits per heavy atom. The minimum atomic E-state index is -0.579. The Morgan fingerprint density at radius 1 is 1.31 bits per heavy atom. The second-order valence-corrected chi connectivity index (χ2v) is 8.02. The molecule has 1 N–H and O–H groups in total. The number of fused-ring (bicyclic) bond motifs is 1. The average molecular weight is 361 g/mol. The maximum Gasteiger partial charge on any atom is 0.233 e. The van der Waals surface area contributed by atoms with Crippen LogP contribution in [0.2, 0.25) is 0 Å². The topological polar surface area (TPSA) is 59.0 Å². The molecule has 2 fully saturated rings. The molecule has 1 aliphatic heterocycles. The molecule has 1 aliphatic carbocycles. The van der Waals surface area contributed by atoms with Gasteiger partial charge in [-0.3, -0.25) is 4.79 Å². The third-order valence-corrected chi connectivity index (χ3v) is 6.28. The van der Waals surface area contributed by atoms with Crippen LogP contribution in [0.5, 0.6) is 0 Å². The van der Waals surface area contributed by atoms with Gasteiger partial charge in [0.25, 0.3) is 0 Å². The number of amides is 1. The number of rotatable bonds is 6. The van der Waals surface area contributed by atoms with Gasteiger partial charge in [0.15, 0.2) is 0 Å². The molecule has 2 aliphatic rings. The third kappa shape index (κ3) is 3.40. The van der Waals surface area contributed by atoms with E-state index in [4.69, 9.17) is 14.6 Å². The largest absolute Gasteiger partial charge is 0.394 e. The SMILES string of the molecule is CO[C@@]12CC[C@H](OCCO)C[C@@H]1N(C(=O)C(C)(C)c1ccccc1)CC2. The molecule has 26 heavy (non-hydrogen) atoms. The van der Waals surface area contributed by atoms with E-state index in [-0.39, 0.29) is 30.3 Å². The van der Waals surface area contributed by atoms with E-state index in [2.05, 4.69) is 0 Å². The highest BCUT2D eigenvalue weighted by molar-refractivity contribution is 5.88. The van der Waals surface area contributed by atoms with Gasteiger partial charge in [-0.15, -0.1) is 0 Å². The number of aliphatic hydroxyl groups is 1. The molecule has 1 saturated heterocycles. The lowest BCUT2D eigenvalue weighted by Gasteiger charge is -2.44. The zero-order chi connectivity index (χ0) is 18.8. The van der Waals surface area contributed by atoms with E-state index in [1.165, 1.54) is 0 Å². The quantitative estimate of drug-likeness (QED) is 0.846. The Balaban J connectivity index is 1.82. The summed E-state index contributed by atoms with van der Waals surface area (Å²) < 4.78 is 11.7. The number of carbonyl (C=O) groups is 1. The van der Waals surface area contributed by atoms with Crippen molar-refractivity contribution < 1.29 is 19.4 Å². The number of hydrogen-bond donors (Lipinski definition) is 1. The first-order valence-corrected chi connectivity index (χ1v) is 9.59. The van der Waals surface area contributed by atoms with E-state index in [1.54, 1.807) is 7.11 Å². The van der Waals surface area contributed by atoms with Crippen LogP contribution in [0.25, 0.3) is 0 Å². The lowest BCUT2D eigenvalue weighted by molar-refractivity contribution is -0.146. The molecule has 1 aromatic rings. The Kier molecular flexibility index (Phi) is 5.70. The smallest absolute Gasteiger partial charge is 0.233 e. The van der Waals surface area contributed by atoms with Crippen molar-refractivity contribution in [2.45, 2.75) is 62.7 Å². The van der Waals surface area contributed by atoms with Gasteiger partial charge in [0.1, 0.15) is 0 Å². The third-order valence-electron chi connectivity index (χ3n) is 6.28. The fourth-order valence-electron chi connectivity index (χ4n) is 4.61. The summed E-state index contributed by atoms with van der Waals surface area (Å²) in [5.41, 5.74) is 0.190. The number of aliphatic hydroxyl groups excluding tert-OH is 1. The molecule has 1 heterocycles. The molecule has 5 nitrogen and oxygen atoms in total. The fourth-order valence-corrected chi connectivity index (χ4v) is 4.61. The predicted octanol–water partition coefficient (Wildman–Crippen LogP) is 2.51. The summed E-state index contributed by atoms with van der Waals surface area (Å²) in [6.45, 7) is 5.10. The van der Waals surface area contributed by atoms with E-state index in [0.717, 1.165) is 37.8 Å². The van der Waals surface area contributed by atoms with Crippen LogP contribution in [0, 0.1) is 0 Å². The van der Waals surface area contributed by atoms with Crippen molar-refractivity contribution in [1.82, 2.24) is 4.90 Å². The first-order chi connectivity index (χ1) is 12.4. The molecule has 144 valence electrons. The van der Waals surface area contributed by atoms with Crippen molar-refractivity contribution in [3.63, 3.8) is 0 Å². The molecule has 0 radical (unpaired) electrons. The van der Waals surface area contributed by atoms with E-state index in [0.29, 0.717) is 6.61 Å². The van der Waals surface area contributed by atoms with Crippen LogP contribution in [0.15, 0.2) is 30.3 Å². The van der Waals surface area contributed by atoms with Gasteiger partial charge < -0.3 is 19.5 Å². The summed E-state index contributed by atoms with van der Waals surface area (Å²) in [7, 11) is 1.76. The Bertz CT molecular complexity index is 618. The molecule has 1 amide bonds. The summed E-state index contributed by atoms with van der Waals surface area (Å²) in [5, 5.41) is 9.04. The van der Waals surface area contributed by atoms with Crippen LogP contribution >= 0.6 is 0 Å². The first kappa shape index (κ1) is 19.3. The number of carbonyl (C=O) groups excluding carboxylic acids is 1. The zero-order valence-electron chi connectivity index (χ0n) is 16.1. The summed E-state index contributed by atoms with van der Waals surface area (Å²) in [5.74, 6) is 0.149. The normalized spacial score (nSPS) is 28.8. The number of hydrogen-bond acceptors (Lipinski definition) is 4. The molecule has 3 rings (SSSR count). The fraction of sp³-hybridized carbons (Fsp3) is 0.667. The van der Waals surface area contributed by atoms with Gasteiger partial charge in [-0.05, 0) is 45.1 Å². The van der Waals surface area contributed by atoms with Gasteiger partial charge >= 0.3 is 0 Å². The number of benzene rings is 1. The van der Waals surface area contributed by atoms with Crippen LogP contribution in [0.1, 0.15) is 45.1 Å². The monoisotopic (exact) mass is 361 g/mol. The summed E-state index contributed by atoms with van der Waals surface area (Å²) in [6.07, 6.45) is 3.51. The van der Waals surface area contributed by atoms with E-state index in [9.17, 15) is 4.79 Å². The van der Waals surface area contributed by atoms with Crippen LogP contribution in [0.4, 0.5) is 0 Å². The second kappa shape index (κ2) is 7.67. The predicted molar refractivity (Wildman–Crippen MR) is 100 cm³/mol. The highest BCUT2D eigenvalue weighted by Gasteiger charge is 2.54. The summed E-state index contributed by atoms with van der Waals surface area (Å²) >= 11 is 0. The van der Waals surface area contributed by atoms with Crippen LogP contribution in [-0.4, -0.2) is 60.5 Å². The van der Waals surface area contributed by atoms with Crippen molar-refractivity contribution >= 4 is 5.91 Å². The average Bonchev–Trinajstić information content (AvgIpc) is 3.05. The van der Waals surface area contributed by atoms with Crippen LogP contribution in [-0.2, 0) is 19.7 Å².